The van der Waals surface area contributed by atoms with E-state index in [1.165, 1.54) is 0 Å². The molecule has 0 saturated heterocycles. The summed E-state index contributed by atoms with van der Waals surface area (Å²) in [5.41, 5.74) is 1.76. The fourth-order valence-corrected chi connectivity index (χ4v) is 4.31. The van der Waals surface area contributed by atoms with Crippen molar-refractivity contribution in [3.8, 4) is 11.5 Å². The van der Waals surface area contributed by atoms with Gasteiger partial charge in [-0.15, -0.1) is 18.3 Å². The molecule has 0 aromatic heterocycles. The van der Waals surface area contributed by atoms with Crippen molar-refractivity contribution in [3.63, 3.8) is 0 Å². The highest BCUT2D eigenvalue weighted by molar-refractivity contribution is 7.99. The maximum atomic E-state index is 11.0. The molecule has 2 aromatic rings. The number of hydrogen-bond donors (Lipinski definition) is 2. The number of phenols is 1. The molecule has 8 heteroatoms. The Balaban J connectivity index is 1.95. The molecular weight excluding hydrogens is 438 g/mol. The highest BCUT2D eigenvalue weighted by atomic mass is 35.5. The minimum absolute atomic E-state index is 0.0338. The molecular formula is C23H26ClNO5S. The number of nitroso groups, excluding NO2 is 1. The van der Waals surface area contributed by atoms with Gasteiger partial charge in [0.2, 0.25) is 0 Å². The van der Waals surface area contributed by atoms with E-state index in [1.807, 2.05) is 13.0 Å². The standard InChI is InChI=1S/C23H26ClNO5S/c1-3-6-17-20(9-8-16(23(17)28)19(4-2)25-29)30-11-5-12-31-21-10-7-15(13-18(21)24)14-22(26)27/h3,7-10,13,19,28H,1,4-6,11-12,14H2,2H3,(H,26,27). The Hall–Kier alpha value is -2.51. The molecule has 0 radical (unpaired) electrons. The summed E-state index contributed by atoms with van der Waals surface area (Å²) in [5, 5.41) is 23.1. The first-order chi connectivity index (χ1) is 14.9. The van der Waals surface area contributed by atoms with Gasteiger partial charge in [-0.1, -0.05) is 35.8 Å². The molecule has 0 amide bonds. The van der Waals surface area contributed by atoms with Crippen molar-refractivity contribution in [1.82, 2.24) is 0 Å². The molecule has 0 aliphatic rings. The monoisotopic (exact) mass is 463 g/mol. The molecule has 0 spiro atoms. The number of allylic oxidation sites excluding steroid dienone is 1. The largest absolute Gasteiger partial charge is 0.507 e. The molecule has 0 aliphatic heterocycles. The SMILES string of the molecule is C=CCc1c(OCCCSc2ccc(CC(=O)O)cc2Cl)ccc(C(CC)N=O)c1O. The van der Waals surface area contributed by atoms with Crippen LogP contribution in [0.15, 0.2) is 53.1 Å². The van der Waals surface area contributed by atoms with Crippen LogP contribution in [-0.4, -0.2) is 28.5 Å². The molecule has 0 bridgehead atoms. The molecule has 0 aliphatic carbocycles. The van der Waals surface area contributed by atoms with Crippen molar-refractivity contribution in [1.29, 1.82) is 0 Å². The normalized spacial score (nSPS) is 11.7. The molecule has 31 heavy (non-hydrogen) atoms. The number of ether oxygens (including phenoxy) is 1. The smallest absolute Gasteiger partial charge is 0.307 e. The van der Waals surface area contributed by atoms with Crippen LogP contribution in [0.3, 0.4) is 0 Å². The number of hydrogen-bond acceptors (Lipinski definition) is 6. The third-order valence-electron chi connectivity index (χ3n) is 4.65. The first-order valence-corrected chi connectivity index (χ1v) is 11.3. The van der Waals surface area contributed by atoms with Gasteiger partial charge in [-0.05, 0) is 49.1 Å². The molecule has 166 valence electrons. The summed E-state index contributed by atoms with van der Waals surface area (Å²) >= 11 is 7.81. The highest BCUT2D eigenvalue weighted by Crippen LogP contribution is 2.38. The number of aliphatic carboxylic acids is 1. The molecule has 2 N–H and O–H groups in total. The summed E-state index contributed by atoms with van der Waals surface area (Å²) in [6.07, 6.45) is 3.27. The Morgan fingerprint density at radius 3 is 2.74 bits per heavy atom. The van der Waals surface area contributed by atoms with E-state index in [-0.39, 0.29) is 12.2 Å². The summed E-state index contributed by atoms with van der Waals surface area (Å²) in [6, 6.07) is 8.12. The van der Waals surface area contributed by atoms with E-state index in [2.05, 4.69) is 11.8 Å². The zero-order valence-electron chi connectivity index (χ0n) is 17.3. The van der Waals surface area contributed by atoms with Gasteiger partial charge >= 0.3 is 5.97 Å². The fraction of sp³-hybridized carbons (Fsp3) is 0.348. The van der Waals surface area contributed by atoms with Gasteiger partial charge in [-0.2, -0.15) is 4.91 Å². The Kier molecular flexibility index (Phi) is 9.88. The van der Waals surface area contributed by atoms with Gasteiger partial charge in [-0.3, -0.25) is 4.79 Å². The summed E-state index contributed by atoms with van der Waals surface area (Å²) in [7, 11) is 0. The van der Waals surface area contributed by atoms with E-state index in [1.54, 1.807) is 42.1 Å². The van der Waals surface area contributed by atoms with Crippen molar-refractivity contribution in [2.45, 2.75) is 43.5 Å². The first-order valence-electron chi connectivity index (χ1n) is 9.95. The lowest BCUT2D eigenvalue weighted by molar-refractivity contribution is -0.136. The highest BCUT2D eigenvalue weighted by Gasteiger charge is 2.19. The van der Waals surface area contributed by atoms with Crippen LogP contribution in [0.25, 0.3) is 0 Å². The van der Waals surface area contributed by atoms with E-state index in [0.717, 1.165) is 17.1 Å². The molecule has 1 unspecified atom stereocenters. The predicted molar refractivity (Wildman–Crippen MR) is 124 cm³/mol. The quantitative estimate of drug-likeness (QED) is 0.159. The number of phenolic OH excluding ortho intramolecular Hbond substituents is 1. The van der Waals surface area contributed by atoms with Gasteiger partial charge in [0.1, 0.15) is 17.5 Å². The molecule has 6 nitrogen and oxygen atoms in total. The predicted octanol–water partition coefficient (Wildman–Crippen LogP) is 6.18. The van der Waals surface area contributed by atoms with Crippen molar-refractivity contribution < 1.29 is 19.7 Å². The topological polar surface area (TPSA) is 96.2 Å². The Labute approximate surface area is 191 Å². The van der Waals surface area contributed by atoms with Gasteiger partial charge in [0, 0.05) is 21.8 Å². The van der Waals surface area contributed by atoms with Gasteiger partial charge in [0.15, 0.2) is 0 Å². The summed E-state index contributed by atoms with van der Waals surface area (Å²) in [5.74, 6) is 0.455. The van der Waals surface area contributed by atoms with E-state index in [0.29, 0.717) is 46.9 Å². The molecule has 0 fully saturated rings. The van der Waals surface area contributed by atoms with Gasteiger partial charge < -0.3 is 14.9 Å². The van der Waals surface area contributed by atoms with E-state index in [4.69, 9.17) is 21.4 Å². The van der Waals surface area contributed by atoms with Crippen LogP contribution in [-0.2, 0) is 17.6 Å². The van der Waals surface area contributed by atoms with Crippen LogP contribution in [0.1, 0.15) is 42.5 Å². The number of carboxylic acid groups (broad SMARTS) is 1. The average molecular weight is 464 g/mol. The number of halogens is 1. The Bertz CT molecular complexity index is 934. The molecule has 2 aromatic carbocycles. The number of carbonyl (C=O) groups is 1. The van der Waals surface area contributed by atoms with Crippen molar-refractivity contribution in [2.24, 2.45) is 5.18 Å². The molecule has 1 atom stereocenters. The third-order valence-corrected chi connectivity index (χ3v) is 6.23. The Morgan fingerprint density at radius 2 is 2.13 bits per heavy atom. The van der Waals surface area contributed by atoms with Gasteiger partial charge in [0.25, 0.3) is 0 Å². The number of carboxylic acids is 1. The van der Waals surface area contributed by atoms with E-state index < -0.39 is 12.0 Å². The number of benzene rings is 2. The first kappa shape index (κ1) is 24.8. The Morgan fingerprint density at radius 1 is 1.35 bits per heavy atom. The average Bonchev–Trinajstić information content (AvgIpc) is 2.73. The van der Waals surface area contributed by atoms with Gasteiger partial charge in [0.05, 0.1) is 18.1 Å². The molecule has 2 rings (SSSR count). The van der Waals surface area contributed by atoms with Gasteiger partial charge in [-0.25, -0.2) is 0 Å². The van der Waals surface area contributed by atoms with Crippen LogP contribution in [0.5, 0.6) is 11.5 Å². The van der Waals surface area contributed by atoms with Crippen LogP contribution in [0.4, 0.5) is 0 Å². The minimum Gasteiger partial charge on any atom is -0.507 e. The van der Waals surface area contributed by atoms with Crippen LogP contribution < -0.4 is 4.74 Å². The number of nitrogens with zero attached hydrogens (tertiary/aromatic N) is 1. The summed E-state index contributed by atoms with van der Waals surface area (Å²) in [4.78, 5) is 22.7. The maximum absolute atomic E-state index is 11.0. The number of aromatic hydroxyl groups is 1. The van der Waals surface area contributed by atoms with Crippen molar-refractivity contribution in [3.05, 3.63) is 69.6 Å². The lowest BCUT2D eigenvalue weighted by Gasteiger charge is -2.16. The lowest BCUT2D eigenvalue weighted by Crippen LogP contribution is -2.04. The molecule has 0 saturated carbocycles. The second-order valence-electron chi connectivity index (χ2n) is 6.89. The van der Waals surface area contributed by atoms with Crippen molar-refractivity contribution in [2.75, 3.05) is 12.4 Å². The number of rotatable bonds is 13. The second-order valence-corrected chi connectivity index (χ2v) is 8.43. The number of thioether (sulfide) groups is 1. The zero-order valence-corrected chi connectivity index (χ0v) is 18.9. The minimum atomic E-state index is -0.892. The van der Waals surface area contributed by atoms with Crippen LogP contribution >= 0.6 is 23.4 Å². The third kappa shape index (κ3) is 7.01. The van der Waals surface area contributed by atoms with E-state index in [9.17, 15) is 14.8 Å². The second kappa shape index (κ2) is 12.4. The summed E-state index contributed by atoms with van der Waals surface area (Å²) < 4.78 is 5.88. The van der Waals surface area contributed by atoms with Crippen LogP contribution in [0.2, 0.25) is 5.02 Å². The summed E-state index contributed by atoms with van der Waals surface area (Å²) in [6.45, 7) is 6.00. The molecule has 0 heterocycles. The van der Waals surface area contributed by atoms with Crippen LogP contribution in [0, 0.1) is 4.91 Å². The van der Waals surface area contributed by atoms with E-state index >= 15 is 0 Å². The lowest BCUT2D eigenvalue weighted by atomic mass is 9.98. The van der Waals surface area contributed by atoms with Crippen molar-refractivity contribution >= 4 is 29.3 Å². The maximum Gasteiger partial charge on any atom is 0.307 e. The zero-order chi connectivity index (χ0) is 22.8. The fourth-order valence-electron chi connectivity index (χ4n) is 3.10.